The smallest absolute Gasteiger partial charge is 0.170 e. The average Bonchev–Trinajstić information content (AvgIpc) is 2.36. The maximum absolute atomic E-state index is 13.1. The molecule has 0 heterocycles. The first-order valence-electron chi connectivity index (χ1n) is 5.57. The third-order valence-corrected chi connectivity index (χ3v) is 3.35. The lowest BCUT2D eigenvalue weighted by atomic mass is 10.1. The van der Waals surface area contributed by atoms with Gasteiger partial charge < -0.3 is 16.3 Å². The van der Waals surface area contributed by atoms with Gasteiger partial charge in [-0.2, -0.15) is 11.8 Å². The zero-order valence-electron chi connectivity index (χ0n) is 10.5. The normalized spacial score (nSPS) is 13.6. The molecule has 0 aromatic heterocycles. The number of thioether (sulfide) groups is 1. The Morgan fingerprint density at radius 2 is 2.33 bits per heavy atom. The second kappa shape index (κ2) is 7.23. The van der Waals surface area contributed by atoms with E-state index in [-0.39, 0.29) is 5.84 Å². The monoisotopic (exact) mass is 271 g/mol. The number of amidine groups is 1. The topological polar surface area (TPSA) is 70.6 Å². The molecule has 0 aliphatic heterocycles. The summed E-state index contributed by atoms with van der Waals surface area (Å²) in [4.78, 5) is 0. The van der Waals surface area contributed by atoms with Crippen LogP contribution < -0.4 is 11.1 Å². The molecule has 0 aliphatic carbocycles. The summed E-state index contributed by atoms with van der Waals surface area (Å²) in [7, 11) is 0. The fourth-order valence-corrected chi connectivity index (χ4v) is 2.21. The van der Waals surface area contributed by atoms with Gasteiger partial charge in [-0.25, -0.2) is 4.39 Å². The van der Waals surface area contributed by atoms with Gasteiger partial charge in [0.25, 0.3) is 0 Å². The van der Waals surface area contributed by atoms with Crippen molar-refractivity contribution >= 4 is 17.6 Å². The van der Waals surface area contributed by atoms with E-state index >= 15 is 0 Å². The number of halogens is 1. The van der Waals surface area contributed by atoms with E-state index in [2.05, 4.69) is 17.4 Å². The van der Waals surface area contributed by atoms with Crippen molar-refractivity contribution < 1.29 is 9.60 Å². The summed E-state index contributed by atoms with van der Waals surface area (Å²) in [5, 5.41) is 14.9. The molecule has 4 N–H and O–H groups in total. The van der Waals surface area contributed by atoms with Crippen molar-refractivity contribution in [2.45, 2.75) is 19.5 Å². The molecule has 0 aliphatic rings. The molecule has 1 atom stereocenters. The van der Waals surface area contributed by atoms with Crippen LogP contribution in [0.25, 0.3) is 0 Å². The van der Waals surface area contributed by atoms with Gasteiger partial charge in [-0.15, -0.1) is 0 Å². The van der Waals surface area contributed by atoms with Gasteiger partial charge in [0.1, 0.15) is 5.82 Å². The molecule has 18 heavy (non-hydrogen) atoms. The lowest BCUT2D eigenvalue weighted by molar-refractivity contribution is 0.318. The van der Waals surface area contributed by atoms with E-state index in [4.69, 9.17) is 10.9 Å². The minimum Gasteiger partial charge on any atom is -0.409 e. The van der Waals surface area contributed by atoms with Crippen LogP contribution in [0.1, 0.15) is 18.1 Å². The van der Waals surface area contributed by atoms with Crippen LogP contribution >= 0.6 is 11.8 Å². The lowest BCUT2D eigenvalue weighted by Gasteiger charge is -2.14. The second-order valence-corrected chi connectivity index (χ2v) is 4.93. The molecular formula is C12H18FN3OS. The van der Waals surface area contributed by atoms with Crippen LogP contribution in [0.4, 0.5) is 4.39 Å². The fraction of sp³-hybridized carbons (Fsp3) is 0.417. The molecule has 100 valence electrons. The van der Waals surface area contributed by atoms with Gasteiger partial charge in [0.15, 0.2) is 5.84 Å². The number of hydrogen-bond donors (Lipinski definition) is 3. The highest BCUT2D eigenvalue weighted by molar-refractivity contribution is 7.98. The van der Waals surface area contributed by atoms with Crippen molar-refractivity contribution in [3.05, 3.63) is 35.1 Å². The standard InChI is InChI=1S/C12H18FN3OS/c1-8(7-18-2)15-6-9-3-4-10(13)5-11(9)12(14)16-17/h3-5,8,15,17H,6-7H2,1-2H3,(H2,14,16). The van der Waals surface area contributed by atoms with Crippen molar-refractivity contribution in [3.63, 3.8) is 0 Å². The van der Waals surface area contributed by atoms with Gasteiger partial charge in [-0.3, -0.25) is 0 Å². The minimum absolute atomic E-state index is 0.0798. The van der Waals surface area contributed by atoms with E-state index in [0.29, 0.717) is 18.2 Å². The van der Waals surface area contributed by atoms with E-state index in [9.17, 15) is 4.39 Å². The molecule has 1 unspecified atom stereocenters. The van der Waals surface area contributed by atoms with E-state index < -0.39 is 5.82 Å². The predicted molar refractivity (Wildman–Crippen MR) is 73.6 cm³/mol. The van der Waals surface area contributed by atoms with Gasteiger partial charge in [0.05, 0.1) is 0 Å². The third kappa shape index (κ3) is 4.19. The number of benzene rings is 1. The second-order valence-electron chi connectivity index (χ2n) is 4.02. The van der Waals surface area contributed by atoms with E-state index in [0.717, 1.165) is 11.3 Å². The van der Waals surface area contributed by atoms with E-state index in [1.807, 2.05) is 6.26 Å². The number of nitrogens with one attached hydrogen (secondary N) is 1. The zero-order chi connectivity index (χ0) is 13.5. The Morgan fingerprint density at radius 1 is 1.61 bits per heavy atom. The Kier molecular flexibility index (Phi) is 5.94. The van der Waals surface area contributed by atoms with Crippen molar-refractivity contribution in [2.24, 2.45) is 10.9 Å². The number of rotatable bonds is 6. The molecule has 0 spiro atoms. The van der Waals surface area contributed by atoms with Crippen LogP contribution in [0.5, 0.6) is 0 Å². The molecule has 0 bridgehead atoms. The Bertz CT molecular complexity index is 426. The van der Waals surface area contributed by atoms with E-state index in [1.54, 1.807) is 17.8 Å². The first-order valence-corrected chi connectivity index (χ1v) is 6.96. The highest BCUT2D eigenvalue weighted by atomic mass is 32.2. The summed E-state index contributed by atoms with van der Waals surface area (Å²) in [5.74, 6) is 0.501. The largest absolute Gasteiger partial charge is 0.409 e. The number of oxime groups is 1. The van der Waals surface area contributed by atoms with Crippen molar-refractivity contribution in [3.8, 4) is 0 Å². The fourth-order valence-electron chi connectivity index (χ4n) is 1.59. The first-order chi connectivity index (χ1) is 8.58. The molecule has 0 amide bonds. The summed E-state index contributed by atoms with van der Waals surface area (Å²) >= 11 is 1.75. The highest BCUT2D eigenvalue weighted by Gasteiger charge is 2.09. The zero-order valence-corrected chi connectivity index (χ0v) is 11.3. The Balaban J connectivity index is 2.82. The average molecular weight is 271 g/mol. The van der Waals surface area contributed by atoms with Crippen LogP contribution in [-0.2, 0) is 6.54 Å². The molecule has 1 rings (SSSR count). The van der Waals surface area contributed by atoms with Crippen LogP contribution in [0.3, 0.4) is 0 Å². The van der Waals surface area contributed by atoms with Crippen molar-refractivity contribution in [2.75, 3.05) is 12.0 Å². The summed E-state index contributed by atoms with van der Waals surface area (Å²) in [5.41, 5.74) is 6.75. The van der Waals surface area contributed by atoms with Gasteiger partial charge in [-0.05, 0) is 30.9 Å². The summed E-state index contributed by atoms with van der Waals surface area (Å²) in [6, 6.07) is 4.61. The molecule has 4 nitrogen and oxygen atoms in total. The van der Waals surface area contributed by atoms with Crippen LogP contribution in [0.2, 0.25) is 0 Å². The van der Waals surface area contributed by atoms with E-state index in [1.165, 1.54) is 12.1 Å². The van der Waals surface area contributed by atoms with Crippen LogP contribution in [-0.4, -0.2) is 29.1 Å². The molecule has 0 saturated heterocycles. The van der Waals surface area contributed by atoms with Gasteiger partial charge in [0, 0.05) is 23.9 Å². The molecule has 0 fully saturated rings. The van der Waals surface area contributed by atoms with Gasteiger partial charge in [-0.1, -0.05) is 11.2 Å². The molecule has 0 radical (unpaired) electrons. The Labute approximate surface area is 110 Å². The molecule has 1 aromatic carbocycles. The summed E-state index contributed by atoms with van der Waals surface area (Å²) in [6.07, 6.45) is 2.04. The molecule has 0 saturated carbocycles. The maximum Gasteiger partial charge on any atom is 0.170 e. The third-order valence-electron chi connectivity index (χ3n) is 2.51. The van der Waals surface area contributed by atoms with Gasteiger partial charge >= 0.3 is 0 Å². The minimum atomic E-state index is -0.405. The number of hydrogen-bond acceptors (Lipinski definition) is 4. The van der Waals surface area contributed by atoms with Crippen molar-refractivity contribution in [1.82, 2.24) is 5.32 Å². The SMILES string of the molecule is CSCC(C)NCc1ccc(F)cc1/C(N)=N/O. The molecule has 1 aromatic rings. The summed E-state index contributed by atoms with van der Waals surface area (Å²) < 4.78 is 13.1. The summed E-state index contributed by atoms with van der Waals surface area (Å²) in [6.45, 7) is 2.62. The lowest BCUT2D eigenvalue weighted by Crippen LogP contribution is -2.29. The number of nitrogens with two attached hydrogens (primary N) is 1. The predicted octanol–water partition coefficient (Wildman–Crippen LogP) is 1.76. The highest BCUT2D eigenvalue weighted by Crippen LogP contribution is 2.12. The number of nitrogens with zero attached hydrogens (tertiary/aromatic N) is 1. The van der Waals surface area contributed by atoms with Crippen molar-refractivity contribution in [1.29, 1.82) is 0 Å². The van der Waals surface area contributed by atoms with Crippen LogP contribution in [0, 0.1) is 5.82 Å². The molecule has 6 heteroatoms. The molecular weight excluding hydrogens is 253 g/mol. The Morgan fingerprint density at radius 3 is 2.94 bits per heavy atom. The Hall–Kier alpha value is -1.27. The quantitative estimate of drug-likeness (QED) is 0.319. The maximum atomic E-state index is 13.1. The van der Waals surface area contributed by atoms with Gasteiger partial charge in [0.2, 0.25) is 0 Å². The van der Waals surface area contributed by atoms with Crippen LogP contribution in [0.15, 0.2) is 23.4 Å². The first kappa shape index (κ1) is 14.8.